The molecule has 1 unspecified atom stereocenters. The smallest absolute Gasteiger partial charge is 0.329 e. The molecule has 9 nitrogen and oxygen atoms in total. The predicted octanol–water partition coefficient (Wildman–Crippen LogP) is 1.58. The quantitative estimate of drug-likeness (QED) is 0.429. The molecule has 29 heavy (non-hydrogen) atoms. The lowest BCUT2D eigenvalue weighted by atomic mass is 10.2. The fourth-order valence-electron chi connectivity index (χ4n) is 3.10. The molecule has 0 radical (unpaired) electrons. The van der Waals surface area contributed by atoms with Crippen molar-refractivity contribution in [2.45, 2.75) is 32.7 Å². The van der Waals surface area contributed by atoms with Crippen LogP contribution in [0.15, 0.2) is 18.2 Å². The highest BCUT2D eigenvalue weighted by Crippen LogP contribution is 2.33. The molecule has 1 aromatic carbocycles. The van der Waals surface area contributed by atoms with Gasteiger partial charge in [-0.2, -0.15) is 0 Å². The van der Waals surface area contributed by atoms with E-state index in [-0.39, 0.29) is 31.5 Å². The number of hydrogen-bond donors (Lipinski definition) is 0. The Hall–Kier alpha value is -2.81. The summed E-state index contributed by atoms with van der Waals surface area (Å²) < 4.78 is 20.9. The van der Waals surface area contributed by atoms with Crippen LogP contribution in [-0.2, 0) is 23.9 Å². The summed E-state index contributed by atoms with van der Waals surface area (Å²) in [6.07, 6.45) is 0.564. The van der Waals surface area contributed by atoms with Crippen LogP contribution in [0.1, 0.15) is 26.7 Å². The number of carbonyl (C=O) groups excluding carboxylic acids is 3. The molecule has 0 N–H and O–H groups in total. The van der Waals surface area contributed by atoms with Crippen molar-refractivity contribution in [3.05, 3.63) is 18.2 Å². The van der Waals surface area contributed by atoms with E-state index in [0.717, 1.165) is 0 Å². The van der Waals surface area contributed by atoms with Crippen LogP contribution < -0.4 is 14.4 Å². The number of carbonyl (C=O) groups is 3. The van der Waals surface area contributed by atoms with Gasteiger partial charge in [-0.25, -0.2) is 4.79 Å². The second kappa shape index (κ2) is 10.7. The number of hydrogen-bond acceptors (Lipinski definition) is 7. The largest absolute Gasteiger partial charge is 0.497 e. The van der Waals surface area contributed by atoms with Gasteiger partial charge in [0.25, 0.3) is 0 Å². The third-order valence-electron chi connectivity index (χ3n) is 4.63. The molecular weight excluding hydrogens is 380 g/mol. The summed E-state index contributed by atoms with van der Waals surface area (Å²) in [5.74, 6) is -0.0167. The minimum Gasteiger partial charge on any atom is -0.497 e. The average Bonchev–Trinajstić information content (AvgIpc) is 3.08. The Morgan fingerprint density at radius 2 is 1.97 bits per heavy atom. The lowest BCUT2D eigenvalue weighted by Crippen LogP contribution is -2.48. The van der Waals surface area contributed by atoms with Crippen LogP contribution >= 0.6 is 0 Å². The maximum atomic E-state index is 12.4. The molecule has 0 aromatic heterocycles. The number of esters is 1. The molecule has 2 amide bonds. The second-order valence-corrected chi connectivity index (χ2v) is 6.41. The molecule has 0 bridgehead atoms. The number of likely N-dealkylation sites (tertiary alicyclic amines) is 1. The van der Waals surface area contributed by atoms with E-state index in [2.05, 4.69) is 0 Å². The van der Waals surface area contributed by atoms with E-state index in [4.69, 9.17) is 18.9 Å². The SMILES string of the molecule is CCOCCOC(=O)C1CCC(=O)N1CN(C(C)=O)c1ccc(OC)cc1OC. The fourth-order valence-corrected chi connectivity index (χ4v) is 3.10. The minimum absolute atomic E-state index is 0.0813. The van der Waals surface area contributed by atoms with Crippen molar-refractivity contribution in [2.24, 2.45) is 0 Å². The highest BCUT2D eigenvalue weighted by atomic mass is 16.6. The summed E-state index contributed by atoms with van der Waals surface area (Å²) in [7, 11) is 3.01. The zero-order valence-corrected chi connectivity index (χ0v) is 17.3. The number of methoxy groups -OCH3 is 2. The predicted molar refractivity (Wildman–Crippen MR) is 105 cm³/mol. The molecule has 1 aromatic rings. The molecule has 160 valence electrons. The fraction of sp³-hybridized carbons (Fsp3) is 0.550. The van der Waals surface area contributed by atoms with Gasteiger partial charge in [-0.1, -0.05) is 0 Å². The summed E-state index contributed by atoms with van der Waals surface area (Å²) in [6, 6.07) is 4.28. The van der Waals surface area contributed by atoms with Crippen LogP contribution in [0, 0.1) is 0 Å². The monoisotopic (exact) mass is 408 g/mol. The first-order valence-corrected chi connectivity index (χ1v) is 9.46. The third kappa shape index (κ3) is 5.60. The molecule has 1 heterocycles. The van der Waals surface area contributed by atoms with Crippen LogP contribution in [0.4, 0.5) is 5.69 Å². The summed E-state index contributed by atoms with van der Waals surface area (Å²) in [4.78, 5) is 40.0. The van der Waals surface area contributed by atoms with E-state index >= 15 is 0 Å². The Balaban J connectivity index is 2.19. The number of nitrogens with zero attached hydrogens (tertiary/aromatic N) is 2. The molecule has 1 aliphatic rings. The molecule has 9 heteroatoms. The van der Waals surface area contributed by atoms with Gasteiger partial charge in [0.2, 0.25) is 11.8 Å². The molecule has 0 spiro atoms. The van der Waals surface area contributed by atoms with Crippen LogP contribution in [-0.4, -0.2) is 69.4 Å². The van der Waals surface area contributed by atoms with Crippen molar-refractivity contribution >= 4 is 23.5 Å². The van der Waals surface area contributed by atoms with Crippen molar-refractivity contribution in [3.8, 4) is 11.5 Å². The van der Waals surface area contributed by atoms with Gasteiger partial charge in [0, 0.05) is 26.0 Å². The molecule has 0 saturated carbocycles. The van der Waals surface area contributed by atoms with Gasteiger partial charge >= 0.3 is 5.97 Å². The van der Waals surface area contributed by atoms with Gasteiger partial charge in [0.05, 0.1) is 26.5 Å². The van der Waals surface area contributed by atoms with Gasteiger partial charge in [-0.3, -0.25) is 14.5 Å². The number of amides is 2. The standard InChI is InChI=1S/C20H28N2O7/c1-5-28-10-11-29-20(25)17-8-9-19(24)22(17)13-21(14(2)23)16-7-6-15(26-3)12-18(16)27-4/h6-7,12,17H,5,8-11,13H2,1-4H3. The van der Waals surface area contributed by atoms with Crippen molar-refractivity contribution < 1.29 is 33.3 Å². The van der Waals surface area contributed by atoms with Crippen LogP contribution in [0.3, 0.4) is 0 Å². The number of anilines is 1. The van der Waals surface area contributed by atoms with Gasteiger partial charge in [0.1, 0.15) is 30.8 Å². The molecule has 0 aliphatic carbocycles. The summed E-state index contributed by atoms with van der Waals surface area (Å²) in [5, 5.41) is 0. The summed E-state index contributed by atoms with van der Waals surface area (Å²) in [6.45, 7) is 4.10. The molecule has 2 rings (SSSR count). The Bertz CT molecular complexity index is 738. The lowest BCUT2D eigenvalue weighted by molar-refractivity contribution is -0.153. The molecule has 1 fully saturated rings. The van der Waals surface area contributed by atoms with E-state index in [1.165, 1.54) is 30.9 Å². The Morgan fingerprint density at radius 3 is 2.59 bits per heavy atom. The molecule has 1 saturated heterocycles. The Kier molecular flexibility index (Phi) is 8.26. The number of ether oxygens (including phenoxy) is 4. The first-order valence-electron chi connectivity index (χ1n) is 9.46. The van der Waals surface area contributed by atoms with Crippen molar-refractivity contribution in [1.29, 1.82) is 0 Å². The van der Waals surface area contributed by atoms with Gasteiger partial charge in [-0.15, -0.1) is 0 Å². The van der Waals surface area contributed by atoms with Crippen molar-refractivity contribution in [2.75, 3.05) is 45.6 Å². The second-order valence-electron chi connectivity index (χ2n) is 6.41. The van der Waals surface area contributed by atoms with Crippen molar-refractivity contribution in [1.82, 2.24) is 4.90 Å². The lowest BCUT2D eigenvalue weighted by Gasteiger charge is -2.31. The van der Waals surface area contributed by atoms with Crippen molar-refractivity contribution in [3.63, 3.8) is 0 Å². The maximum Gasteiger partial charge on any atom is 0.329 e. The Morgan fingerprint density at radius 1 is 1.21 bits per heavy atom. The maximum absolute atomic E-state index is 12.4. The van der Waals surface area contributed by atoms with Gasteiger partial charge in [0.15, 0.2) is 0 Å². The first kappa shape index (κ1) is 22.5. The average molecular weight is 408 g/mol. The molecule has 1 atom stereocenters. The van der Waals surface area contributed by atoms with E-state index in [0.29, 0.717) is 36.8 Å². The third-order valence-corrected chi connectivity index (χ3v) is 4.63. The zero-order valence-electron chi connectivity index (χ0n) is 17.3. The Labute approximate surface area is 170 Å². The highest BCUT2D eigenvalue weighted by molar-refractivity contribution is 5.95. The molecule has 1 aliphatic heterocycles. The van der Waals surface area contributed by atoms with Crippen LogP contribution in [0.2, 0.25) is 0 Å². The van der Waals surface area contributed by atoms with E-state index in [1.54, 1.807) is 18.2 Å². The number of benzene rings is 1. The van der Waals surface area contributed by atoms with E-state index < -0.39 is 12.0 Å². The topological polar surface area (TPSA) is 94.6 Å². The summed E-state index contributed by atoms with van der Waals surface area (Å²) in [5.41, 5.74) is 0.476. The van der Waals surface area contributed by atoms with Crippen LogP contribution in [0.25, 0.3) is 0 Å². The molecular formula is C20H28N2O7. The van der Waals surface area contributed by atoms with E-state index in [1.807, 2.05) is 6.92 Å². The minimum atomic E-state index is -0.741. The number of rotatable bonds is 10. The highest BCUT2D eigenvalue weighted by Gasteiger charge is 2.39. The van der Waals surface area contributed by atoms with Gasteiger partial charge < -0.3 is 23.8 Å². The summed E-state index contributed by atoms with van der Waals surface area (Å²) >= 11 is 0. The first-order chi connectivity index (χ1) is 13.9. The normalized spacial score (nSPS) is 15.9. The van der Waals surface area contributed by atoms with E-state index in [9.17, 15) is 14.4 Å². The van der Waals surface area contributed by atoms with Gasteiger partial charge in [-0.05, 0) is 25.5 Å². The zero-order chi connectivity index (χ0) is 21.4. The van der Waals surface area contributed by atoms with Crippen LogP contribution in [0.5, 0.6) is 11.5 Å².